The van der Waals surface area contributed by atoms with Crippen molar-refractivity contribution in [2.75, 3.05) is 13.2 Å². The highest BCUT2D eigenvalue weighted by Crippen LogP contribution is 2.28. The van der Waals surface area contributed by atoms with E-state index in [0.29, 0.717) is 12.5 Å². The lowest BCUT2D eigenvalue weighted by Gasteiger charge is -2.26. The molecule has 6 nitrogen and oxygen atoms in total. The second-order valence-electron chi connectivity index (χ2n) is 6.50. The Balaban J connectivity index is 2.52. The van der Waals surface area contributed by atoms with E-state index in [1.54, 1.807) is 27.7 Å². The van der Waals surface area contributed by atoms with Crippen LogP contribution in [0.15, 0.2) is 0 Å². The van der Waals surface area contributed by atoms with Crippen LogP contribution in [0.2, 0.25) is 0 Å². The maximum absolute atomic E-state index is 11.8. The first-order valence-electron chi connectivity index (χ1n) is 7.51. The summed E-state index contributed by atoms with van der Waals surface area (Å²) in [6, 6.07) is -0.786. The van der Waals surface area contributed by atoms with Crippen molar-refractivity contribution >= 4 is 11.9 Å². The summed E-state index contributed by atoms with van der Waals surface area (Å²) in [7, 11) is 0. The van der Waals surface area contributed by atoms with Crippen molar-refractivity contribution in [3.8, 4) is 0 Å². The zero-order chi connectivity index (χ0) is 16.0. The number of ketones is 1. The SMILES string of the molecule is CCC(=O)C(O)[C@H](COCC1CC1)NC(=O)OC(C)(C)C. The van der Waals surface area contributed by atoms with Gasteiger partial charge in [0.2, 0.25) is 0 Å². The lowest BCUT2D eigenvalue weighted by Crippen LogP contribution is -2.50. The molecule has 0 heterocycles. The molecule has 21 heavy (non-hydrogen) atoms. The van der Waals surface area contributed by atoms with Gasteiger partial charge in [-0.2, -0.15) is 0 Å². The Bertz CT molecular complexity index is 360. The standard InChI is InChI=1S/C15H27NO5/c1-5-12(17)13(18)11(9-20-8-10-6-7-10)16-14(19)21-15(2,3)4/h10-11,13,18H,5-9H2,1-4H3,(H,16,19)/t11-,13?/m0/s1. The quantitative estimate of drug-likeness (QED) is 0.712. The van der Waals surface area contributed by atoms with Crippen LogP contribution in [0.25, 0.3) is 0 Å². The molecule has 1 amide bonds. The molecule has 0 bridgehead atoms. The lowest BCUT2D eigenvalue weighted by molar-refractivity contribution is -0.129. The number of aliphatic hydroxyl groups excluding tert-OH is 1. The first-order valence-corrected chi connectivity index (χ1v) is 7.51. The molecule has 2 N–H and O–H groups in total. The van der Waals surface area contributed by atoms with Gasteiger partial charge in [0.05, 0.1) is 12.6 Å². The van der Waals surface area contributed by atoms with Gasteiger partial charge in [-0.05, 0) is 39.5 Å². The van der Waals surface area contributed by atoms with Gasteiger partial charge in [-0.1, -0.05) is 6.92 Å². The Labute approximate surface area is 126 Å². The minimum absolute atomic E-state index is 0.0999. The number of ether oxygens (including phenoxy) is 2. The number of carbonyl (C=O) groups is 2. The second-order valence-corrected chi connectivity index (χ2v) is 6.50. The number of Topliss-reactive ketones (excluding diaryl/α,β-unsaturated/α-hetero) is 1. The molecule has 1 aliphatic carbocycles. The van der Waals surface area contributed by atoms with E-state index in [1.165, 1.54) is 0 Å². The molecule has 1 fully saturated rings. The number of rotatable bonds is 8. The highest BCUT2D eigenvalue weighted by Gasteiger charge is 2.29. The van der Waals surface area contributed by atoms with E-state index in [0.717, 1.165) is 12.8 Å². The fraction of sp³-hybridized carbons (Fsp3) is 0.867. The van der Waals surface area contributed by atoms with Crippen LogP contribution in [0.1, 0.15) is 47.0 Å². The van der Waals surface area contributed by atoms with Gasteiger partial charge in [0, 0.05) is 13.0 Å². The van der Waals surface area contributed by atoms with Crippen LogP contribution in [-0.2, 0) is 14.3 Å². The molecular formula is C15H27NO5. The molecule has 122 valence electrons. The largest absolute Gasteiger partial charge is 0.444 e. The number of aliphatic hydroxyl groups is 1. The molecule has 0 aliphatic heterocycles. The third kappa shape index (κ3) is 7.43. The van der Waals surface area contributed by atoms with Gasteiger partial charge in [0.25, 0.3) is 0 Å². The van der Waals surface area contributed by atoms with E-state index in [1.807, 2.05) is 0 Å². The predicted octanol–water partition coefficient (Wildman–Crippen LogP) is 1.65. The molecule has 1 rings (SSSR count). The van der Waals surface area contributed by atoms with Gasteiger partial charge < -0.3 is 19.9 Å². The van der Waals surface area contributed by atoms with Crippen molar-refractivity contribution in [3.05, 3.63) is 0 Å². The normalized spacial score (nSPS) is 18.0. The monoisotopic (exact) mass is 301 g/mol. The number of alkyl carbamates (subject to hydrolysis) is 1. The first-order chi connectivity index (χ1) is 9.73. The molecule has 0 aromatic rings. The maximum Gasteiger partial charge on any atom is 0.408 e. The molecule has 1 saturated carbocycles. The van der Waals surface area contributed by atoms with Gasteiger partial charge in [0.1, 0.15) is 11.7 Å². The smallest absolute Gasteiger partial charge is 0.408 e. The molecule has 0 aromatic carbocycles. The molecule has 0 aromatic heterocycles. The Morgan fingerprint density at radius 1 is 1.33 bits per heavy atom. The third-order valence-corrected chi connectivity index (χ3v) is 3.11. The summed E-state index contributed by atoms with van der Waals surface area (Å²) in [5, 5.41) is 12.5. The molecule has 0 saturated heterocycles. The summed E-state index contributed by atoms with van der Waals surface area (Å²) >= 11 is 0. The molecule has 1 aliphatic rings. The maximum atomic E-state index is 11.8. The van der Waals surface area contributed by atoms with E-state index in [2.05, 4.69) is 5.32 Å². The number of hydrogen-bond acceptors (Lipinski definition) is 5. The predicted molar refractivity (Wildman–Crippen MR) is 78.0 cm³/mol. The van der Waals surface area contributed by atoms with Crippen LogP contribution in [0, 0.1) is 5.92 Å². The summed E-state index contributed by atoms with van der Waals surface area (Å²) < 4.78 is 10.6. The van der Waals surface area contributed by atoms with Gasteiger partial charge in [-0.25, -0.2) is 4.79 Å². The molecular weight excluding hydrogens is 274 g/mol. The van der Waals surface area contributed by atoms with E-state index in [4.69, 9.17) is 9.47 Å². The average Bonchev–Trinajstić information content (AvgIpc) is 3.17. The minimum atomic E-state index is -1.28. The zero-order valence-corrected chi connectivity index (χ0v) is 13.3. The van der Waals surface area contributed by atoms with E-state index in [9.17, 15) is 14.7 Å². The van der Waals surface area contributed by atoms with Gasteiger partial charge in [-0.3, -0.25) is 4.79 Å². The van der Waals surface area contributed by atoms with Crippen LogP contribution in [0.3, 0.4) is 0 Å². The number of nitrogens with one attached hydrogen (secondary N) is 1. The molecule has 0 spiro atoms. The van der Waals surface area contributed by atoms with Gasteiger partial charge >= 0.3 is 6.09 Å². The van der Waals surface area contributed by atoms with Crippen molar-refractivity contribution in [3.63, 3.8) is 0 Å². The fourth-order valence-corrected chi connectivity index (χ4v) is 1.75. The molecule has 0 radical (unpaired) electrons. The lowest BCUT2D eigenvalue weighted by atomic mass is 10.1. The zero-order valence-electron chi connectivity index (χ0n) is 13.3. The van der Waals surface area contributed by atoms with Crippen molar-refractivity contribution in [2.24, 2.45) is 5.92 Å². The van der Waals surface area contributed by atoms with Crippen molar-refractivity contribution < 1.29 is 24.2 Å². The Morgan fingerprint density at radius 3 is 2.43 bits per heavy atom. The van der Waals surface area contributed by atoms with Crippen LogP contribution >= 0.6 is 0 Å². The van der Waals surface area contributed by atoms with Crippen molar-refractivity contribution in [1.29, 1.82) is 0 Å². The summed E-state index contributed by atoms with van der Waals surface area (Å²) in [6.45, 7) is 7.61. The van der Waals surface area contributed by atoms with E-state index in [-0.39, 0.29) is 18.8 Å². The number of amides is 1. The highest BCUT2D eigenvalue weighted by molar-refractivity contribution is 5.84. The van der Waals surface area contributed by atoms with E-state index >= 15 is 0 Å². The van der Waals surface area contributed by atoms with Crippen LogP contribution < -0.4 is 5.32 Å². The first kappa shape index (κ1) is 17.9. The molecule has 2 atom stereocenters. The van der Waals surface area contributed by atoms with Crippen molar-refractivity contribution in [2.45, 2.75) is 64.7 Å². The van der Waals surface area contributed by atoms with Crippen molar-refractivity contribution in [1.82, 2.24) is 5.32 Å². The third-order valence-electron chi connectivity index (χ3n) is 3.11. The van der Waals surface area contributed by atoms with Crippen LogP contribution in [0.5, 0.6) is 0 Å². The topological polar surface area (TPSA) is 84.9 Å². The fourth-order valence-electron chi connectivity index (χ4n) is 1.75. The molecule has 1 unspecified atom stereocenters. The number of carbonyl (C=O) groups excluding carboxylic acids is 2. The van der Waals surface area contributed by atoms with E-state index < -0.39 is 23.8 Å². The average molecular weight is 301 g/mol. The summed E-state index contributed by atoms with van der Waals surface area (Å²) in [5.74, 6) is 0.247. The van der Waals surface area contributed by atoms with Crippen LogP contribution in [-0.4, -0.2) is 47.9 Å². The summed E-state index contributed by atoms with van der Waals surface area (Å²) in [6.07, 6.45) is 0.574. The van der Waals surface area contributed by atoms with Crippen LogP contribution in [0.4, 0.5) is 4.79 Å². The number of hydrogen-bond donors (Lipinski definition) is 2. The summed E-state index contributed by atoms with van der Waals surface area (Å²) in [4.78, 5) is 23.4. The second kappa shape index (κ2) is 7.75. The Morgan fingerprint density at radius 2 is 1.95 bits per heavy atom. The Kier molecular flexibility index (Phi) is 6.61. The minimum Gasteiger partial charge on any atom is -0.444 e. The Hall–Kier alpha value is -1.14. The molecule has 6 heteroatoms. The summed E-state index contributed by atoms with van der Waals surface area (Å²) in [5.41, 5.74) is -0.636. The van der Waals surface area contributed by atoms with Gasteiger partial charge in [-0.15, -0.1) is 0 Å². The van der Waals surface area contributed by atoms with Gasteiger partial charge in [0.15, 0.2) is 5.78 Å². The highest BCUT2D eigenvalue weighted by atomic mass is 16.6.